The second kappa shape index (κ2) is 8.41. The van der Waals surface area contributed by atoms with E-state index in [4.69, 9.17) is 17.0 Å². The normalized spacial score (nSPS) is 17.3. The summed E-state index contributed by atoms with van der Waals surface area (Å²) in [6.45, 7) is 15.8. The fourth-order valence-electron chi connectivity index (χ4n) is 4.43. The average Bonchev–Trinajstić information content (AvgIpc) is 2.98. The van der Waals surface area contributed by atoms with Crippen LogP contribution in [0.2, 0.25) is 0 Å². The Labute approximate surface area is 186 Å². The van der Waals surface area contributed by atoms with Gasteiger partial charge in [0.25, 0.3) is 0 Å². The first kappa shape index (κ1) is 22.3. The van der Waals surface area contributed by atoms with Crippen molar-refractivity contribution in [1.82, 2.24) is 0 Å². The molecule has 2 unspecified atom stereocenters. The van der Waals surface area contributed by atoms with Gasteiger partial charge in [0, 0.05) is 0 Å². The summed E-state index contributed by atoms with van der Waals surface area (Å²) in [6, 6.07) is 11.5. The van der Waals surface area contributed by atoms with E-state index in [2.05, 4.69) is 84.9 Å². The molecular formula is C25H31Cl2Zr. The van der Waals surface area contributed by atoms with Crippen molar-refractivity contribution in [3.8, 4) is 11.1 Å². The van der Waals surface area contributed by atoms with E-state index in [1.807, 2.05) is 0 Å². The molecule has 2 aromatic rings. The average molecular weight is 494 g/mol. The number of rotatable bonds is 4. The predicted molar refractivity (Wildman–Crippen MR) is 122 cm³/mol. The molecule has 0 radical (unpaired) electrons. The van der Waals surface area contributed by atoms with Crippen LogP contribution in [-0.4, -0.2) is 0 Å². The molecule has 0 heterocycles. The fourth-order valence-corrected chi connectivity index (χ4v) is 10.0. The second-order valence-corrected chi connectivity index (χ2v) is 18.1. The monoisotopic (exact) mass is 491 g/mol. The number of fused-ring (bicyclic) bond motifs is 1. The first-order chi connectivity index (χ1) is 13.0. The molecule has 0 saturated carbocycles. The van der Waals surface area contributed by atoms with Crippen molar-refractivity contribution in [2.45, 2.75) is 63.9 Å². The summed E-state index contributed by atoms with van der Waals surface area (Å²) in [5.74, 6) is 0.510. The molecule has 0 saturated heterocycles. The third-order valence-corrected chi connectivity index (χ3v) is 11.2. The van der Waals surface area contributed by atoms with Gasteiger partial charge in [0.1, 0.15) is 0 Å². The Balaban J connectivity index is 2.37. The minimum atomic E-state index is -2.51. The van der Waals surface area contributed by atoms with Crippen LogP contribution in [0.3, 0.4) is 0 Å². The van der Waals surface area contributed by atoms with Crippen molar-refractivity contribution in [2.24, 2.45) is 5.92 Å². The van der Waals surface area contributed by atoms with E-state index in [9.17, 15) is 0 Å². The van der Waals surface area contributed by atoms with Gasteiger partial charge in [0.2, 0.25) is 0 Å². The van der Waals surface area contributed by atoms with Gasteiger partial charge < -0.3 is 0 Å². The maximum absolute atomic E-state index is 6.71. The Morgan fingerprint density at radius 3 is 2.14 bits per heavy atom. The molecule has 0 aromatic heterocycles. The van der Waals surface area contributed by atoms with Gasteiger partial charge >= 0.3 is 187 Å². The molecule has 0 nitrogen and oxygen atoms in total. The molecule has 0 fully saturated rings. The Morgan fingerprint density at radius 1 is 1.04 bits per heavy atom. The van der Waals surface area contributed by atoms with E-state index < -0.39 is 19.4 Å². The Kier molecular flexibility index (Phi) is 6.71. The molecule has 0 N–H and O–H groups in total. The van der Waals surface area contributed by atoms with Crippen LogP contribution in [0.15, 0.2) is 35.9 Å². The number of benzene rings is 2. The van der Waals surface area contributed by atoms with Crippen LogP contribution in [0, 0.1) is 19.8 Å². The topological polar surface area (TPSA) is 0 Å². The number of aryl methyl sites for hydroxylation is 2. The van der Waals surface area contributed by atoms with E-state index in [0.29, 0.717) is 5.92 Å². The van der Waals surface area contributed by atoms with Gasteiger partial charge in [-0.15, -0.1) is 0 Å². The first-order valence-corrected chi connectivity index (χ1v) is 17.9. The molecule has 1 aliphatic carbocycles. The standard InChI is InChI=1S/C25H31.2ClH.Zr/c1-8-18(4)20-14-19-9-10-23(25(5,6)7)24(22(19)15-20)21-12-16(2)11-17(3)13-21;;;/h9-15,18H,8H2,1-7H3;2*1H;/q;;;+2/p-2. The molecule has 1 aliphatic rings. The molecule has 2 aromatic carbocycles. The number of hydrogen-bond donors (Lipinski definition) is 0. The quantitative estimate of drug-likeness (QED) is 0.400. The zero-order valence-electron chi connectivity index (χ0n) is 18.1. The minimum absolute atomic E-state index is 0.0635. The summed E-state index contributed by atoms with van der Waals surface area (Å²) in [5, 5.41) is 0. The van der Waals surface area contributed by atoms with E-state index in [1.165, 1.54) is 44.5 Å². The molecule has 0 bridgehead atoms. The van der Waals surface area contributed by atoms with Crippen LogP contribution in [0.5, 0.6) is 0 Å². The van der Waals surface area contributed by atoms with Crippen LogP contribution in [0.4, 0.5) is 0 Å². The van der Waals surface area contributed by atoms with Crippen molar-refractivity contribution >= 4 is 23.1 Å². The summed E-state index contributed by atoms with van der Waals surface area (Å²) in [5.41, 5.74) is 10.9. The zero-order valence-corrected chi connectivity index (χ0v) is 22.1. The van der Waals surface area contributed by atoms with Gasteiger partial charge in [-0.3, -0.25) is 0 Å². The third-order valence-electron chi connectivity index (χ3n) is 5.95. The zero-order chi connectivity index (χ0) is 20.8. The fraction of sp³-hybridized carbons (Fsp3) is 0.440. The summed E-state index contributed by atoms with van der Waals surface area (Å²) < 4.78 is 0.273. The number of halogens is 2. The van der Waals surface area contributed by atoms with Crippen LogP contribution in [0.25, 0.3) is 17.2 Å². The van der Waals surface area contributed by atoms with E-state index >= 15 is 0 Å². The van der Waals surface area contributed by atoms with Crippen molar-refractivity contribution in [3.05, 3.63) is 63.7 Å². The van der Waals surface area contributed by atoms with Crippen LogP contribution < -0.4 is 0 Å². The molecular weight excluding hydrogens is 462 g/mol. The summed E-state index contributed by atoms with van der Waals surface area (Å²) in [4.78, 5) is 0. The maximum atomic E-state index is 6.71. The first-order valence-electron chi connectivity index (χ1n) is 10.2. The molecule has 0 aliphatic heterocycles. The van der Waals surface area contributed by atoms with Crippen molar-refractivity contribution < 1.29 is 19.4 Å². The van der Waals surface area contributed by atoms with Crippen molar-refractivity contribution in [1.29, 1.82) is 0 Å². The summed E-state index contributed by atoms with van der Waals surface area (Å²) in [6.07, 6.45) is 3.55. The Bertz CT molecular complexity index is 899. The van der Waals surface area contributed by atoms with Gasteiger partial charge in [0.05, 0.1) is 0 Å². The molecule has 28 heavy (non-hydrogen) atoms. The SMILES string of the molecule is CCC(C)C1=Cc2c(ccc(C(C)(C)C)c2-c2cc(C)cc(C)c2)[CH]1[Zr]([Cl])[Cl]. The van der Waals surface area contributed by atoms with Gasteiger partial charge in [-0.25, -0.2) is 0 Å². The molecule has 0 amide bonds. The van der Waals surface area contributed by atoms with Crippen molar-refractivity contribution in [2.75, 3.05) is 0 Å². The van der Waals surface area contributed by atoms with E-state index in [1.54, 1.807) is 0 Å². The molecule has 2 atom stereocenters. The van der Waals surface area contributed by atoms with Crippen LogP contribution in [0.1, 0.15) is 72.5 Å². The predicted octanol–water partition coefficient (Wildman–Crippen LogP) is 8.68. The molecule has 0 spiro atoms. The number of allylic oxidation sites excluding steroid dienone is 1. The van der Waals surface area contributed by atoms with E-state index in [-0.39, 0.29) is 9.04 Å². The summed E-state index contributed by atoms with van der Waals surface area (Å²) in [7, 11) is 13.4. The molecule has 3 rings (SSSR count). The van der Waals surface area contributed by atoms with Gasteiger partial charge in [-0.05, 0) is 0 Å². The van der Waals surface area contributed by atoms with Gasteiger partial charge in [0.15, 0.2) is 0 Å². The third kappa shape index (κ3) is 4.23. The molecule has 3 heteroatoms. The van der Waals surface area contributed by atoms with Crippen LogP contribution >= 0.6 is 17.0 Å². The second-order valence-electron chi connectivity index (χ2n) is 9.29. The van der Waals surface area contributed by atoms with Crippen molar-refractivity contribution in [3.63, 3.8) is 0 Å². The van der Waals surface area contributed by atoms with Gasteiger partial charge in [-0.2, -0.15) is 0 Å². The molecule has 149 valence electrons. The number of hydrogen-bond acceptors (Lipinski definition) is 0. The Morgan fingerprint density at radius 2 is 1.64 bits per heavy atom. The van der Waals surface area contributed by atoms with Crippen LogP contribution in [-0.2, 0) is 24.8 Å². The van der Waals surface area contributed by atoms with E-state index in [0.717, 1.165) is 6.42 Å². The van der Waals surface area contributed by atoms with Gasteiger partial charge in [-0.1, -0.05) is 0 Å². The summed E-state index contributed by atoms with van der Waals surface area (Å²) >= 11 is -2.51. The Hall–Kier alpha value is -0.357.